The summed E-state index contributed by atoms with van der Waals surface area (Å²) in [6, 6.07) is 10.00. The molecular formula is C19H29N5O2S. The largest absolute Gasteiger partial charge is 0.355 e. The summed E-state index contributed by atoms with van der Waals surface area (Å²) in [5.41, 5.74) is 2.03. The first-order chi connectivity index (χ1) is 12.6. The lowest BCUT2D eigenvalue weighted by molar-refractivity contribution is 0.465. The molecule has 7 nitrogen and oxygen atoms in total. The van der Waals surface area contributed by atoms with Crippen LogP contribution in [0.3, 0.4) is 0 Å². The summed E-state index contributed by atoms with van der Waals surface area (Å²) in [4.78, 5) is 13.9. The van der Waals surface area contributed by atoms with E-state index in [0.717, 1.165) is 17.1 Å². The molecule has 0 amide bonds. The van der Waals surface area contributed by atoms with Gasteiger partial charge in [0, 0.05) is 20.6 Å². The number of hydrogen-bond donors (Lipinski definition) is 2. The van der Waals surface area contributed by atoms with Crippen molar-refractivity contribution < 1.29 is 8.42 Å². The van der Waals surface area contributed by atoms with Crippen molar-refractivity contribution in [3.8, 4) is 11.3 Å². The predicted molar refractivity (Wildman–Crippen MR) is 110 cm³/mol. The van der Waals surface area contributed by atoms with E-state index in [2.05, 4.69) is 20.3 Å². The van der Waals surface area contributed by atoms with Gasteiger partial charge in [0.15, 0.2) is 15.8 Å². The molecule has 27 heavy (non-hydrogen) atoms. The maximum atomic E-state index is 12.2. The van der Waals surface area contributed by atoms with E-state index >= 15 is 0 Å². The third kappa shape index (κ3) is 5.56. The van der Waals surface area contributed by atoms with E-state index in [9.17, 15) is 8.42 Å². The number of H-pyrrole nitrogens is 1. The summed E-state index contributed by atoms with van der Waals surface area (Å²) in [7, 11) is 0.394. The van der Waals surface area contributed by atoms with Crippen LogP contribution in [0.25, 0.3) is 11.3 Å². The number of sulfone groups is 1. The molecule has 0 unspecified atom stereocenters. The van der Waals surface area contributed by atoms with Gasteiger partial charge in [0.2, 0.25) is 0 Å². The fourth-order valence-corrected chi connectivity index (χ4v) is 3.48. The minimum Gasteiger partial charge on any atom is -0.355 e. The van der Waals surface area contributed by atoms with Crippen LogP contribution in [0.4, 0.5) is 0 Å². The van der Waals surface area contributed by atoms with Crippen molar-refractivity contribution in [3.05, 3.63) is 42.4 Å². The van der Waals surface area contributed by atoms with Crippen molar-refractivity contribution in [3.63, 3.8) is 0 Å². The summed E-state index contributed by atoms with van der Waals surface area (Å²) in [5, 5.41) is 3.11. The van der Waals surface area contributed by atoms with Gasteiger partial charge in [0.05, 0.1) is 28.9 Å². The van der Waals surface area contributed by atoms with Crippen LogP contribution in [0.15, 0.2) is 41.5 Å². The SMILES string of the molecule is CN=C(NCCS(=O)(=O)C(C)(C)C)N(C)Cc1ncc(-c2ccccc2)[nH]1. The summed E-state index contributed by atoms with van der Waals surface area (Å²) < 4.78 is 23.7. The van der Waals surface area contributed by atoms with Gasteiger partial charge in [-0.15, -0.1) is 0 Å². The predicted octanol–water partition coefficient (Wildman–Crippen LogP) is 2.30. The van der Waals surface area contributed by atoms with Crippen molar-refractivity contribution in [2.75, 3.05) is 26.4 Å². The molecule has 2 aromatic rings. The van der Waals surface area contributed by atoms with E-state index in [1.807, 2.05) is 48.5 Å². The van der Waals surface area contributed by atoms with E-state index in [-0.39, 0.29) is 5.75 Å². The number of benzene rings is 1. The van der Waals surface area contributed by atoms with Crippen LogP contribution in [-0.2, 0) is 16.4 Å². The standard InChI is InChI=1S/C19H29N5O2S/c1-19(2,3)27(25,26)12-11-21-18(20-4)24(5)14-17-22-13-16(23-17)15-9-7-6-8-10-15/h6-10,13H,11-12,14H2,1-5H3,(H,20,21)(H,22,23). The maximum absolute atomic E-state index is 12.2. The van der Waals surface area contributed by atoms with Gasteiger partial charge in [0.1, 0.15) is 5.82 Å². The number of imidazole rings is 1. The number of aromatic amines is 1. The van der Waals surface area contributed by atoms with Crippen LogP contribution < -0.4 is 5.32 Å². The van der Waals surface area contributed by atoms with Crippen molar-refractivity contribution in [1.82, 2.24) is 20.2 Å². The fourth-order valence-electron chi connectivity index (χ4n) is 2.49. The number of aromatic nitrogens is 2. The van der Waals surface area contributed by atoms with E-state index < -0.39 is 14.6 Å². The van der Waals surface area contributed by atoms with Crippen LogP contribution in [0.1, 0.15) is 26.6 Å². The third-order valence-corrected chi connectivity index (χ3v) is 6.87. The fraction of sp³-hybridized carbons (Fsp3) is 0.474. The number of rotatable bonds is 6. The number of guanidine groups is 1. The lowest BCUT2D eigenvalue weighted by Gasteiger charge is -2.23. The molecule has 0 atom stereocenters. The van der Waals surface area contributed by atoms with Gasteiger partial charge >= 0.3 is 0 Å². The Morgan fingerprint density at radius 3 is 2.52 bits per heavy atom. The van der Waals surface area contributed by atoms with E-state index in [4.69, 9.17) is 0 Å². The van der Waals surface area contributed by atoms with E-state index in [1.54, 1.807) is 27.8 Å². The molecule has 0 bridgehead atoms. The molecule has 0 aliphatic heterocycles. The van der Waals surface area contributed by atoms with E-state index in [0.29, 0.717) is 19.0 Å². The highest BCUT2D eigenvalue weighted by atomic mass is 32.2. The normalized spacial score (nSPS) is 12.9. The number of hydrogen-bond acceptors (Lipinski definition) is 4. The van der Waals surface area contributed by atoms with Gasteiger partial charge < -0.3 is 15.2 Å². The highest BCUT2D eigenvalue weighted by Gasteiger charge is 2.28. The summed E-state index contributed by atoms with van der Waals surface area (Å²) in [6.45, 7) is 5.97. The molecule has 2 rings (SSSR count). The molecule has 0 aliphatic rings. The van der Waals surface area contributed by atoms with Crippen molar-refractivity contribution in [2.45, 2.75) is 32.1 Å². The molecule has 0 saturated heterocycles. The minimum absolute atomic E-state index is 0.0578. The molecule has 1 heterocycles. The van der Waals surface area contributed by atoms with Gasteiger partial charge in [-0.1, -0.05) is 30.3 Å². The molecular weight excluding hydrogens is 362 g/mol. The Kier molecular flexibility index (Phi) is 6.64. The summed E-state index contributed by atoms with van der Waals surface area (Å²) in [5.74, 6) is 1.49. The molecule has 148 valence electrons. The van der Waals surface area contributed by atoms with Gasteiger partial charge in [-0.05, 0) is 26.3 Å². The monoisotopic (exact) mass is 391 g/mol. The molecule has 0 radical (unpaired) electrons. The Morgan fingerprint density at radius 2 is 1.93 bits per heavy atom. The van der Waals surface area contributed by atoms with Gasteiger partial charge in [-0.25, -0.2) is 13.4 Å². The third-order valence-electron chi connectivity index (χ3n) is 4.26. The Bertz CT molecular complexity index is 867. The van der Waals surface area contributed by atoms with Crippen LogP contribution in [-0.4, -0.2) is 60.4 Å². The molecule has 0 aliphatic carbocycles. The maximum Gasteiger partial charge on any atom is 0.193 e. The first kappa shape index (κ1) is 21.0. The lowest BCUT2D eigenvalue weighted by Crippen LogP contribution is -2.42. The average molecular weight is 392 g/mol. The number of aliphatic imine (C=N–C) groups is 1. The minimum atomic E-state index is -3.17. The molecule has 1 aromatic heterocycles. The Morgan fingerprint density at radius 1 is 1.26 bits per heavy atom. The topological polar surface area (TPSA) is 90.4 Å². The molecule has 0 spiro atoms. The van der Waals surface area contributed by atoms with Crippen molar-refractivity contribution in [1.29, 1.82) is 0 Å². The quantitative estimate of drug-likeness (QED) is 0.582. The van der Waals surface area contributed by atoms with Gasteiger partial charge in [-0.2, -0.15) is 0 Å². The van der Waals surface area contributed by atoms with Crippen LogP contribution >= 0.6 is 0 Å². The molecule has 8 heteroatoms. The summed E-state index contributed by atoms with van der Waals surface area (Å²) >= 11 is 0. The zero-order valence-corrected chi connectivity index (χ0v) is 17.5. The van der Waals surface area contributed by atoms with Crippen LogP contribution in [0.5, 0.6) is 0 Å². The second-order valence-corrected chi connectivity index (χ2v) is 10.2. The smallest absolute Gasteiger partial charge is 0.193 e. The lowest BCUT2D eigenvalue weighted by atomic mass is 10.2. The zero-order chi connectivity index (χ0) is 20.1. The second kappa shape index (κ2) is 8.56. The van der Waals surface area contributed by atoms with Gasteiger partial charge in [0.25, 0.3) is 0 Å². The number of nitrogens with zero attached hydrogens (tertiary/aromatic N) is 3. The highest BCUT2D eigenvalue weighted by Crippen LogP contribution is 2.17. The Balaban J connectivity index is 1.94. The van der Waals surface area contributed by atoms with E-state index in [1.165, 1.54) is 0 Å². The molecule has 0 saturated carbocycles. The number of nitrogens with one attached hydrogen (secondary N) is 2. The molecule has 2 N–H and O–H groups in total. The average Bonchev–Trinajstić information content (AvgIpc) is 3.07. The van der Waals surface area contributed by atoms with Crippen molar-refractivity contribution in [2.24, 2.45) is 4.99 Å². The van der Waals surface area contributed by atoms with Gasteiger partial charge in [-0.3, -0.25) is 4.99 Å². The van der Waals surface area contributed by atoms with Crippen molar-refractivity contribution >= 4 is 15.8 Å². The zero-order valence-electron chi connectivity index (χ0n) is 16.7. The first-order valence-corrected chi connectivity index (χ1v) is 10.5. The Labute approximate surface area is 161 Å². The molecule has 1 aromatic carbocycles. The summed E-state index contributed by atoms with van der Waals surface area (Å²) in [6.07, 6.45) is 1.81. The second-order valence-electron chi connectivity index (χ2n) is 7.37. The van der Waals surface area contributed by atoms with Crippen LogP contribution in [0, 0.1) is 0 Å². The Hall–Kier alpha value is -2.35. The van der Waals surface area contributed by atoms with Crippen LogP contribution in [0.2, 0.25) is 0 Å². The highest BCUT2D eigenvalue weighted by molar-refractivity contribution is 7.92. The molecule has 0 fully saturated rings. The first-order valence-electron chi connectivity index (χ1n) is 8.87.